The number of rotatable bonds is 6. The first kappa shape index (κ1) is 16.6. The third kappa shape index (κ3) is 4.63. The molecule has 1 aromatic carbocycles. The number of aromatic amines is 1. The number of aromatic nitrogens is 2. The van der Waals surface area contributed by atoms with Crippen LogP contribution in [0.3, 0.4) is 0 Å². The number of aryl methyl sites for hydroxylation is 1. The standard InChI is InChI=1S/C17H23N3OS/c1-11(2)18-16(21)13(4)22-17-19-12(3)15(20-17)10-14-8-6-5-7-9-14/h5-9,11,13H,10H2,1-4H3,(H,18,21)(H,19,20)/t13-/m0/s1. The van der Waals surface area contributed by atoms with Crippen LogP contribution in [-0.4, -0.2) is 27.2 Å². The number of nitrogens with one attached hydrogen (secondary N) is 2. The molecule has 0 aliphatic carbocycles. The monoisotopic (exact) mass is 317 g/mol. The van der Waals surface area contributed by atoms with Crippen molar-refractivity contribution in [2.24, 2.45) is 0 Å². The summed E-state index contributed by atoms with van der Waals surface area (Å²) in [6, 6.07) is 10.4. The number of H-pyrrole nitrogens is 1. The zero-order valence-electron chi connectivity index (χ0n) is 13.5. The van der Waals surface area contributed by atoms with Crippen LogP contribution >= 0.6 is 11.8 Å². The van der Waals surface area contributed by atoms with Gasteiger partial charge in [0.2, 0.25) is 5.91 Å². The molecule has 1 aromatic heterocycles. The Balaban J connectivity index is 2.02. The van der Waals surface area contributed by atoms with Crippen LogP contribution in [0, 0.1) is 6.92 Å². The Hall–Kier alpha value is -1.75. The highest BCUT2D eigenvalue weighted by Gasteiger charge is 2.17. The van der Waals surface area contributed by atoms with Gasteiger partial charge in [-0.15, -0.1) is 0 Å². The smallest absolute Gasteiger partial charge is 0.233 e. The van der Waals surface area contributed by atoms with Crippen molar-refractivity contribution in [3.05, 3.63) is 47.3 Å². The SMILES string of the molecule is Cc1[nH]c(S[C@@H](C)C(=O)NC(C)C)nc1Cc1ccccc1. The molecule has 0 radical (unpaired) electrons. The molecule has 2 N–H and O–H groups in total. The summed E-state index contributed by atoms with van der Waals surface area (Å²) in [7, 11) is 0. The normalized spacial score (nSPS) is 12.4. The molecule has 0 aliphatic rings. The second-order valence-electron chi connectivity index (χ2n) is 5.70. The van der Waals surface area contributed by atoms with Crippen molar-refractivity contribution in [3.63, 3.8) is 0 Å². The van der Waals surface area contributed by atoms with Gasteiger partial charge in [0, 0.05) is 18.2 Å². The van der Waals surface area contributed by atoms with Crippen molar-refractivity contribution in [3.8, 4) is 0 Å². The molecular formula is C17H23N3OS. The quantitative estimate of drug-likeness (QED) is 0.804. The average molecular weight is 317 g/mol. The van der Waals surface area contributed by atoms with Crippen LogP contribution in [0.2, 0.25) is 0 Å². The summed E-state index contributed by atoms with van der Waals surface area (Å²) < 4.78 is 0. The summed E-state index contributed by atoms with van der Waals surface area (Å²) in [4.78, 5) is 19.9. The molecule has 118 valence electrons. The second kappa shape index (κ2) is 7.49. The second-order valence-corrected chi connectivity index (χ2v) is 7.03. The lowest BCUT2D eigenvalue weighted by molar-refractivity contribution is -0.120. The van der Waals surface area contributed by atoms with Crippen LogP contribution in [0.1, 0.15) is 37.7 Å². The number of hydrogen-bond donors (Lipinski definition) is 2. The maximum absolute atomic E-state index is 12.0. The fourth-order valence-corrected chi connectivity index (χ4v) is 2.99. The van der Waals surface area contributed by atoms with Crippen molar-refractivity contribution >= 4 is 17.7 Å². The molecular weight excluding hydrogens is 294 g/mol. The summed E-state index contributed by atoms with van der Waals surface area (Å²) in [5.41, 5.74) is 3.33. The number of imidazole rings is 1. The largest absolute Gasteiger partial charge is 0.353 e. The van der Waals surface area contributed by atoms with Gasteiger partial charge < -0.3 is 10.3 Å². The molecule has 1 heterocycles. The van der Waals surface area contributed by atoms with E-state index in [0.717, 1.165) is 23.0 Å². The lowest BCUT2D eigenvalue weighted by Gasteiger charge is -2.12. The Kier molecular flexibility index (Phi) is 5.66. The fraction of sp³-hybridized carbons (Fsp3) is 0.412. The number of hydrogen-bond acceptors (Lipinski definition) is 3. The minimum atomic E-state index is -0.169. The lowest BCUT2D eigenvalue weighted by Crippen LogP contribution is -2.35. The lowest BCUT2D eigenvalue weighted by atomic mass is 10.1. The van der Waals surface area contributed by atoms with E-state index in [1.807, 2.05) is 45.9 Å². The van der Waals surface area contributed by atoms with Gasteiger partial charge in [-0.2, -0.15) is 0 Å². The van der Waals surface area contributed by atoms with E-state index in [9.17, 15) is 4.79 Å². The van der Waals surface area contributed by atoms with E-state index in [1.165, 1.54) is 17.3 Å². The molecule has 5 heteroatoms. The van der Waals surface area contributed by atoms with Crippen molar-refractivity contribution in [2.45, 2.75) is 50.6 Å². The number of benzene rings is 1. The highest BCUT2D eigenvalue weighted by Crippen LogP contribution is 2.23. The van der Waals surface area contributed by atoms with Gasteiger partial charge in [-0.05, 0) is 33.3 Å². The highest BCUT2D eigenvalue weighted by atomic mass is 32.2. The van der Waals surface area contributed by atoms with Crippen LogP contribution in [0.25, 0.3) is 0 Å². The topological polar surface area (TPSA) is 57.8 Å². The minimum absolute atomic E-state index is 0.0404. The molecule has 0 bridgehead atoms. The summed E-state index contributed by atoms with van der Waals surface area (Å²) in [6.07, 6.45) is 0.802. The molecule has 0 fully saturated rings. The zero-order valence-corrected chi connectivity index (χ0v) is 14.3. The number of amides is 1. The van der Waals surface area contributed by atoms with Crippen LogP contribution in [-0.2, 0) is 11.2 Å². The molecule has 1 amide bonds. The van der Waals surface area contributed by atoms with Gasteiger partial charge >= 0.3 is 0 Å². The first-order valence-corrected chi connectivity index (χ1v) is 8.40. The van der Waals surface area contributed by atoms with Gasteiger partial charge in [0.25, 0.3) is 0 Å². The molecule has 2 rings (SSSR count). The van der Waals surface area contributed by atoms with Gasteiger partial charge in [0.15, 0.2) is 5.16 Å². The molecule has 22 heavy (non-hydrogen) atoms. The van der Waals surface area contributed by atoms with E-state index in [1.54, 1.807) is 0 Å². The van der Waals surface area contributed by atoms with Crippen LogP contribution in [0.15, 0.2) is 35.5 Å². The van der Waals surface area contributed by atoms with E-state index >= 15 is 0 Å². The van der Waals surface area contributed by atoms with E-state index in [-0.39, 0.29) is 17.2 Å². The van der Waals surface area contributed by atoms with E-state index < -0.39 is 0 Å². The van der Waals surface area contributed by atoms with Crippen molar-refractivity contribution in [1.82, 2.24) is 15.3 Å². The Morgan fingerprint density at radius 1 is 1.27 bits per heavy atom. The van der Waals surface area contributed by atoms with Gasteiger partial charge in [-0.1, -0.05) is 42.1 Å². The first-order valence-electron chi connectivity index (χ1n) is 7.52. The molecule has 2 aromatic rings. The fourth-order valence-electron chi connectivity index (χ4n) is 2.11. The van der Waals surface area contributed by atoms with Crippen LogP contribution in [0.5, 0.6) is 0 Å². The maximum atomic E-state index is 12.0. The van der Waals surface area contributed by atoms with Crippen LogP contribution in [0.4, 0.5) is 0 Å². The van der Waals surface area contributed by atoms with Gasteiger partial charge in [0.05, 0.1) is 10.9 Å². The predicted molar refractivity (Wildman–Crippen MR) is 91.2 cm³/mol. The van der Waals surface area contributed by atoms with Gasteiger partial charge in [-0.3, -0.25) is 4.79 Å². The molecule has 0 saturated heterocycles. The predicted octanol–water partition coefficient (Wildman–Crippen LogP) is 3.31. The molecule has 4 nitrogen and oxygen atoms in total. The molecule has 0 unspecified atom stereocenters. The molecule has 0 saturated carbocycles. The number of carbonyl (C=O) groups excluding carboxylic acids is 1. The average Bonchev–Trinajstić information content (AvgIpc) is 2.79. The Morgan fingerprint density at radius 2 is 1.95 bits per heavy atom. The van der Waals surface area contributed by atoms with Crippen LogP contribution < -0.4 is 5.32 Å². The zero-order chi connectivity index (χ0) is 16.1. The first-order chi connectivity index (χ1) is 10.5. The number of carbonyl (C=O) groups is 1. The Bertz CT molecular complexity index is 622. The summed E-state index contributed by atoms with van der Waals surface area (Å²) in [5.74, 6) is 0.0404. The van der Waals surface area contributed by atoms with E-state index in [4.69, 9.17) is 0 Å². The third-order valence-electron chi connectivity index (χ3n) is 3.27. The van der Waals surface area contributed by atoms with Crippen molar-refractivity contribution in [2.75, 3.05) is 0 Å². The van der Waals surface area contributed by atoms with Gasteiger partial charge in [0.1, 0.15) is 0 Å². The van der Waals surface area contributed by atoms with Gasteiger partial charge in [-0.25, -0.2) is 4.98 Å². The minimum Gasteiger partial charge on any atom is -0.353 e. The third-order valence-corrected chi connectivity index (χ3v) is 4.25. The van der Waals surface area contributed by atoms with E-state index in [2.05, 4.69) is 27.4 Å². The highest BCUT2D eigenvalue weighted by molar-refractivity contribution is 8.00. The summed E-state index contributed by atoms with van der Waals surface area (Å²) in [5, 5.41) is 3.55. The Morgan fingerprint density at radius 3 is 2.59 bits per heavy atom. The Labute approximate surface area is 136 Å². The number of thioether (sulfide) groups is 1. The molecule has 1 atom stereocenters. The molecule has 0 spiro atoms. The van der Waals surface area contributed by atoms with E-state index in [0.29, 0.717) is 0 Å². The summed E-state index contributed by atoms with van der Waals surface area (Å²) >= 11 is 1.46. The maximum Gasteiger partial charge on any atom is 0.233 e. The van der Waals surface area contributed by atoms with Crippen molar-refractivity contribution < 1.29 is 4.79 Å². The van der Waals surface area contributed by atoms with Crippen molar-refractivity contribution in [1.29, 1.82) is 0 Å². The molecule has 0 aliphatic heterocycles. The summed E-state index contributed by atoms with van der Waals surface area (Å²) in [6.45, 7) is 7.85. The number of nitrogens with zero attached hydrogens (tertiary/aromatic N) is 1.